The lowest BCUT2D eigenvalue weighted by Crippen LogP contribution is -2.48. The lowest BCUT2D eigenvalue weighted by Gasteiger charge is -2.33. The van der Waals surface area contributed by atoms with Gasteiger partial charge in [-0.3, -0.25) is 9.89 Å². The summed E-state index contributed by atoms with van der Waals surface area (Å²) < 4.78 is 13.8. The Morgan fingerprint density at radius 3 is 2.74 bits per heavy atom. The molecule has 1 aliphatic rings. The summed E-state index contributed by atoms with van der Waals surface area (Å²) in [4.78, 5) is 14.5. The van der Waals surface area contributed by atoms with E-state index in [1.165, 1.54) is 12.1 Å². The predicted octanol–water partition coefficient (Wildman–Crippen LogP) is 3.61. The number of carbonyl (C=O) groups excluding carboxylic acids is 1. The van der Waals surface area contributed by atoms with Gasteiger partial charge >= 0.3 is 0 Å². The minimum absolute atomic E-state index is 0.0391. The summed E-state index contributed by atoms with van der Waals surface area (Å²) in [6.45, 7) is 1.53. The fourth-order valence-corrected chi connectivity index (χ4v) is 3.45. The van der Waals surface area contributed by atoms with Gasteiger partial charge < -0.3 is 10.2 Å². The lowest BCUT2D eigenvalue weighted by atomic mass is 10.0. The summed E-state index contributed by atoms with van der Waals surface area (Å²) in [5, 5.41) is 10.5. The van der Waals surface area contributed by atoms with Crippen molar-refractivity contribution in [2.45, 2.75) is 18.9 Å². The van der Waals surface area contributed by atoms with Crippen LogP contribution in [0.1, 0.15) is 23.2 Å². The third kappa shape index (κ3) is 3.84. The van der Waals surface area contributed by atoms with Crippen molar-refractivity contribution in [3.8, 4) is 11.3 Å². The first-order chi connectivity index (χ1) is 13.2. The van der Waals surface area contributed by atoms with Crippen molar-refractivity contribution in [2.24, 2.45) is 0 Å². The second-order valence-corrected chi connectivity index (χ2v) is 6.74. The summed E-state index contributed by atoms with van der Waals surface area (Å²) in [5.74, 6) is -0.00637. The van der Waals surface area contributed by atoms with Crippen molar-refractivity contribution in [1.82, 2.24) is 15.5 Å². The molecule has 1 fully saturated rings. The van der Waals surface area contributed by atoms with Crippen LogP contribution in [0.4, 0.5) is 10.2 Å². The van der Waals surface area contributed by atoms with Crippen molar-refractivity contribution in [3.05, 3.63) is 72.0 Å². The van der Waals surface area contributed by atoms with Gasteiger partial charge in [-0.15, -0.1) is 0 Å². The first-order valence-electron chi connectivity index (χ1n) is 9.12. The molecule has 1 aromatic heterocycles. The highest BCUT2D eigenvalue weighted by atomic mass is 19.1. The van der Waals surface area contributed by atoms with Crippen molar-refractivity contribution in [1.29, 1.82) is 0 Å². The number of carbonyl (C=O) groups is 1. The van der Waals surface area contributed by atoms with Crippen molar-refractivity contribution < 1.29 is 9.18 Å². The average Bonchev–Trinajstić information content (AvgIpc) is 3.19. The molecule has 3 aromatic rings. The maximum absolute atomic E-state index is 13.8. The summed E-state index contributed by atoms with van der Waals surface area (Å²) in [7, 11) is 0. The fourth-order valence-electron chi connectivity index (χ4n) is 3.45. The van der Waals surface area contributed by atoms with E-state index in [1.54, 1.807) is 12.1 Å². The SMILES string of the molecule is O=C(N[C@H]1CCCN(c2cc(-c3ccccc3)[nH]n2)C1)c1ccccc1F. The molecule has 0 aliphatic carbocycles. The van der Waals surface area contributed by atoms with Gasteiger partial charge in [-0.25, -0.2) is 4.39 Å². The van der Waals surface area contributed by atoms with Gasteiger partial charge in [0, 0.05) is 25.2 Å². The van der Waals surface area contributed by atoms with E-state index in [2.05, 4.69) is 20.4 Å². The third-order valence-corrected chi connectivity index (χ3v) is 4.85. The zero-order valence-electron chi connectivity index (χ0n) is 14.9. The summed E-state index contributed by atoms with van der Waals surface area (Å²) in [6, 6.07) is 18.1. The van der Waals surface area contributed by atoms with E-state index in [4.69, 9.17) is 0 Å². The van der Waals surface area contributed by atoms with Gasteiger partial charge in [-0.2, -0.15) is 5.10 Å². The summed E-state index contributed by atoms with van der Waals surface area (Å²) >= 11 is 0. The molecule has 138 valence electrons. The van der Waals surface area contributed by atoms with Gasteiger partial charge in [0.25, 0.3) is 5.91 Å². The van der Waals surface area contributed by atoms with Gasteiger partial charge in [-0.1, -0.05) is 42.5 Å². The Hall–Kier alpha value is -3.15. The minimum atomic E-state index is -0.498. The van der Waals surface area contributed by atoms with E-state index in [0.717, 1.165) is 36.5 Å². The zero-order valence-corrected chi connectivity index (χ0v) is 14.9. The zero-order chi connectivity index (χ0) is 18.6. The summed E-state index contributed by atoms with van der Waals surface area (Å²) in [5.41, 5.74) is 2.13. The Morgan fingerprint density at radius 1 is 1.15 bits per heavy atom. The molecule has 0 unspecified atom stereocenters. The number of hydrogen-bond donors (Lipinski definition) is 2. The third-order valence-electron chi connectivity index (χ3n) is 4.85. The van der Waals surface area contributed by atoms with Crippen LogP contribution in [0.15, 0.2) is 60.7 Å². The number of rotatable bonds is 4. The van der Waals surface area contributed by atoms with E-state index in [9.17, 15) is 9.18 Å². The Bertz CT molecular complexity index is 925. The van der Waals surface area contributed by atoms with Gasteiger partial charge in [0.2, 0.25) is 0 Å². The Labute approximate surface area is 157 Å². The highest BCUT2D eigenvalue weighted by Gasteiger charge is 2.24. The molecular formula is C21H21FN4O. The number of H-pyrrole nitrogens is 1. The maximum Gasteiger partial charge on any atom is 0.254 e. The van der Waals surface area contributed by atoms with Gasteiger partial charge in [0.05, 0.1) is 11.3 Å². The van der Waals surface area contributed by atoms with Crippen LogP contribution < -0.4 is 10.2 Å². The van der Waals surface area contributed by atoms with Crippen molar-refractivity contribution in [2.75, 3.05) is 18.0 Å². The quantitative estimate of drug-likeness (QED) is 0.743. The van der Waals surface area contributed by atoms with Crippen LogP contribution in [-0.2, 0) is 0 Å². The van der Waals surface area contributed by atoms with Crippen molar-refractivity contribution in [3.63, 3.8) is 0 Å². The molecule has 2 heterocycles. The highest BCUT2D eigenvalue weighted by Crippen LogP contribution is 2.24. The number of anilines is 1. The topological polar surface area (TPSA) is 61.0 Å². The second-order valence-electron chi connectivity index (χ2n) is 6.74. The van der Waals surface area contributed by atoms with E-state index >= 15 is 0 Å². The van der Waals surface area contributed by atoms with Crippen molar-refractivity contribution >= 4 is 11.7 Å². The molecule has 4 rings (SSSR count). The molecule has 0 bridgehead atoms. The van der Waals surface area contributed by atoms with Gasteiger partial charge in [-0.05, 0) is 30.5 Å². The van der Waals surface area contributed by atoms with Crippen LogP contribution in [0.5, 0.6) is 0 Å². The van der Waals surface area contributed by atoms with Gasteiger partial charge in [0.1, 0.15) is 5.82 Å². The molecule has 0 saturated carbocycles. The molecule has 0 radical (unpaired) electrons. The number of nitrogens with one attached hydrogen (secondary N) is 2. The van der Waals surface area contributed by atoms with Crippen LogP contribution in [0.3, 0.4) is 0 Å². The first kappa shape index (κ1) is 17.3. The first-order valence-corrected chi connectivity index (χ1v) is 9.12. The number of benzene rings is 2. The molecule has 1 atom stereocenters. The normalized spacial score (nSPS) is 16.9. The second kappa shape index (κ2) is 7.61. The number of amides is 1. The molecule has 6 heteroatoms. The minimum Gasteiger partial charge on any atom is -0.353 e. The van der Waals surface area contributed by atoms with Crippen LogP contribution >= 0.6 is 0 Å². The molecule has 1 amide bonds. The molecule has 2 aromatic carbocycles. The molecule has 0 spiro atoms. The largest absolute Gasteiger partial charge is 0.353 e. The Balaban J connectivity index is 1.43. The highest BCUT2D eigenvalue weighted by molar-refractivity contribution is 5.94. The average molecular weight is 364 g/mol. The predicted molar refractivity (Wildman–Crippen MR) is 103 cm³/mol. The van der Waals surface area contributed by atoms with Gasteiger partial charge in [0.15, 0.2) is 5.82 Å². The fraction of sp³-hybridized carbons (Fsp3) is 0.238. The molecule has 27 heavy (non-hydrogen) atoms. The van der Waals surface area contributed by atoms with Crippen LogP contribution in [0, 0.1) is 5.82 Å². The lowest BCUT2D eigenvalue weighted by molar-refractivity contribution is 0.0929. The Morgan fingerprint density at radius 2 is 1.93 bits per heavy atom. The van der Waals surface area contributed by atoms with E-state index in [0.29, 0.717) is 6.54 Å². The maximum atomic E-state index is 13.8. The van der Waals surface area contributed by atoms with E-state index in [1.807, 2.05) is 36.4 Å². The molecule has 1 saturated heterocycles. The molecular weight excluding hydrogens is 343 g/mol. The van der Waals surface area contributed by atoms with Crippen LogP contribution in [0.25, 0.3) is 11.3 Å². The number of halogens is 1. The van der Waals surface area contributed by atoms with E-state index in [-0.39, 0.29) is 17.5 Å². The number of hydrogen-bond acceptors (Lipinski definition) is 3. The number of aromatic nitrogens is 2. The van der Waals surface area contributed by atoms with E-state index < -0.39 is 5.82 Å². The molecule has 2 N–H and O–H groups in total. The summed E-state index contributed by atoms with van der Waals surface area (Å²) in [6.07, 6.45) is 1.81. The monoisotopic (exact) mass is 364 g/mol. The smallest absolute Gasteiger partial charge is 0.254 e. The number of nitrogens with zero attached hydrogens (tertiary/aromatic N) is 2. The molecule has 1 aliphatic heterocycles. The van der Waals surface area contributed by atoms with Crippen LogP contribution in [0.2, 0.25) is 0 Å². The number of aromatic amines is 1. The molecule has 5 nitrogen and oxygen atoms in total. The number of piperidine rings is 1. The van der Waals surface area contributed by atoms with Crippen LogP contribution in [-0.4, -0.2) is 35.2 Å². The Kier molecular flexibility index (Phi) is 4.87. The standard InChI is InChI=1S/C21H21FN4O/c22-18-11-5-4-10-17(18)21(27)23-16-9-6-12-26(14-16)20-13-19(24-25-20)15-7-2-1-3-8-15/h1-5,7-8,10-11,13,16H,6,9,12,14H2,(H,23,27)(H,24,25)/t16-/m0/s1.